The third kappa shape index (κ3) is 4.47. The van der Waals surface area contributed by atoms with Gasteiger partial charge >= 0.3 is 6.03 Å². The largest absolute Gasteiger partial charge is 0.444 e. The Bertz CT molecular complexity index is 904. The van der Waals surface area contributed by atoms with Crippen LogP contribution in [0.1, 0.15) is 16.8 Å². The van der Waals surface area contributed by atoms with E-state index in [1.165, 1.54) is 17.7 Å². The minimum Gasteiger partial charge on any atom is -0.444 e. The number of nitrogens with zero attached hydrogens (tertiary/aromatic N) is 1. The second kappa shape index (κ2) is 7.82. The van der Waals surface area contributed by atoms with Crippen LogP contribution in [0, 0.1) is 19.7 Å². The number of hydrogen-bond donors (Lipinski definition) is 2. The molecule has 1 aromatic heterocycles. The summed E-state index contributed by atoms with van der Waals surface area (Å²) in [5.74, 6) is 0.124. The van der Waals surface area contributed by atoms with Crippen molar-refractivity contribution >= 4 is 11.7 Å². The molecule has 0 unspecified atom stereocenters. The second-order valence-electron chi connectivity index (χ2n) is 6.08. The number of rotatable bonds is 5. The lowest BCUT2D eigenvalue weighted by molar-refractivity contribution is 0.252. The van der Waals surface area contributed by atoms with Gasteiger partial charge in [-0.15, -0.1) is 0 Å². The van der Waals surface area contributed by atoms with Gasteiger partial charge in [0, 0.05) is 24.2 Å². The molecule has 2 aromatic carbocycles. The summed E-state index contributed by atoms with van der Waals surface area (Å²) in [5, 5.41) is 5.59. The Morgan fingerprint density at radius 3 is 2.62 bits per heavy atom. The van der Waals surface area contributed by atoms with Crippen LogP contribution in [-0.2, 0) is 6.42 Å². The molecular formula is C20H20FN3O2. The van der Waals surface area contributed by atoms with Gasteiger partial charge in [-0.2, -0.15) is 0 Å². The Morgan fingerprint density at radius 1 is 1.12 bits per heavy atom. The maximum Gasteiger partial charge on any atom is 0.319 e. The second-order valence-corrected chi connectivity index (χ2v) is 6.08. The number of urea groups is 1. The third-order valence-corrected chi connectivity index (χ3v) is 4.07. The molecule has 0 saturated carbocycles. The van der Waals surface area contributed by atoms with Crippen LogP contribution in [0.25, 0.3) is 11.5 Å². The van der Waals surface area contributed by atoms with Gasteiger partial charge in [0.25, 0.3) is 0 Å². The Morgan fingerprint density at radius 2 is 1.88 bits per heavy atom. The SMILES string of the molecule is Cc1ccc(NC(=O)NCCc2coc(-c3ccc(F)cc3)n2)cc1C. The zero-order chi connectivity index (χ0) is 18.5. The number of oxazole rings is 1. The first-order valence-corrected chi connectivity index (χ1v) is 8.34. The normalized spacial score (nSPS) is 10.6. The number of carbonyl (C=O) groups is 1. The number of aromatic nitrogens is 1. The van der Waals surface area contributed by atoms with E-state index in [2.05, 4.69) is 15.6 Å². The molecule has 0 saturated heterocycles. The fraction of sp³-hybridized carbons (Fsp3) is 0.200. The van der Waals surface area contributed by atoms with Crippen molar-refractivity contribution in [1.29, 1.82) is 0 Å². The van der Waals surface area contributed by atoms with Crippen LogP contribution in [-0.4, -0.2) is 17.6 Å². The summed E-state index contributed by atoms with van der Waals surface area (Å²) >= 11 is 0. The van der Waals surface area contributed by atoms with Crippen molar-refractivity contribution in [3.05, 3.63) is 71.4 Å². The van der Waals surface area contributed by atoms with Gasteiger partial charge in [-0.05, 0) is 61.4 Å². The predicted octanol–water partition coefficient (Wildman–Crippen LogP) is 4.46. The van der Waals surface area contributed by atoms with E-state index in [0.29, 0.717) is 24.4 Å². The monoisotopic (exact) mass is 353 g/mol. The van der Waals surface area contributed by atoms with Gasteiger partial charge in [-0.25, -0.2) is 14.2 Å². The van der Waals surface area contributed by atoms with Crippen molar-refractivity contribution < 1.29 is 13.6 Å². The van der Waals surface area contributed by atoms with E-state index in [-0.39, 0.29) is 11.8 Å². The van der Waals surface area contributed by atoms with Crippen molar-refractivity contribution in [1.82, 2.24) is 10.3 Å². The van der Waals surface area contributed by atoms with Crippen molar-refractivity contribution in [2.45, 2.75) is 20.3 Å². The van der Waals surface area contributed by atoms with Crippen molar-refractivity contribution in [3.63, 3.8) is 0 Å². The lowest BCUT2D eigenvalue weighted by Gasteiger charge is -2.08. The summed E-state index contributed by atoms with van der Waals surface area (Å²) < 4.78 is 18.4. The number of benzene rings is 2. The van der Waals surface area contributed by atoms with Crippen LogP contribution in [0.3, 0.4) is 0 Å². The zero-order valence-electron chi connectivity index (χ0n) is 14.7. The standard InChI is InChI=1S/C20H20FN3O2/c1-13-3-8-17(11-14(13)2)24-20(25)22-10-9-18-12-26-19(23-18)15-4-6-16(21)7-5-15/h3-8,11-12H,9-10H2,1-2H3,(H2,22,24,25). The molecule has 5 nitrogen and oxygen atoms in total. The number of carbonyl (C=O) groups excluding carboxylic acids is 1. The molecule has 3 aromatic rings. The number of amides is 2. The molecule has 0 aliphatic rings. The van der Waals surface area contributed by atoms with Gasteiger partial charge in [-0.1, -0.05) is 6.07 Å². The van der Waals surface area contributed by atoms with Crippen LogP contribution in [0.5, 0.6) is 0 Å². The van der Waals surface area contributed by atoms with E-state index < -0.39 is 0 Å². The van der Waals surface area contributed by atoms with E-state index in [9.17, 15) is 9.18 Å². The first kappa shape index (κ1) is 17.7. The number of anilines is 1. The maximum atomic E-state index is 13.0. The van der Waals surface area contributed by atoms with Crippen LogP contribution in [0.4, 0.5) is 14.9 Å². The Kier molecular flexibility index (Phi) is 5.31. The lowest BCUT2D eigenvalue weighted by atomic mass is 10.1. The highest BCUT2D eigenvalue weighted by Gasteiger charge is 2.08. The average Bonchev–Trinajstić information content (AvgIpc) is 3.08. The van der Waals surface area contributed by atoms with Crippen LogP contribution in [0.15, 0.2) is 53.1 Å². The molecule has 0 fully saturated rings. The van der Waals surface area contributed by atoms with E-state index in [1.54, 1.807) is 18.4 Å². The Balaban J connectivity index is 1.49. The molecule has 0 atom stereocenters. The molecule has 3 rings (SSSR count). The Labute approximate surface area is 151 Å². The minimum absolute atomic E-state index is 0.268. The highest BCUT2D eigenvalue weighted by molar-refractivity contribution is 5.89. The highest BCUT2D eigenvalue weighted by Crippen LogP contribution is 2.19. The molecule has 134 valence electrons. The minimum atomic E-state index is -0.306. The predicted molar refractivity (Wildman–Crippen MR) is 98.5 cm³/mol. The molecule has 6 heteroatoms. The maximum absolute atomic E-state index is 13.0. The van der Waals surface area contributed by atoms with Gasteiger partial charge in [0.05, 0.1) is 5.69 Å². The molecular weight excluding hydrogens is 333 g/mol. The zero-order valence-corrected chi connectivity index (χ0v) is 14.7. The molecule has 2 N–H and O–H groups in total. The van der Waals surface area contributed by atoms with E-state index in [1.807, 2.05) is 32.0 Å². The molecule has 1 heterocycles. The number of nitrogens with one attached hydrogen (secondary N) is 2. The van der Waals surface area contributed by atoms with E-state index >= 15 is 0 Å². The fourth-order valence-corrected chi connectivity index (χ4v) is 2.45. The van der Waals surface area contributed by atoms with Crippen LogP contribution < -0.4 is 10.6 Å². The first-order chi connectivity index (χ1) is 12.5. The van der Waals surface area contributed by atoms with Gasteiger partial charge in [0.15, 0.2) is 0 Å². The first-order valence-electron chi connectivity index (χ1n) is 8.34. The number of halogens is 1. The summed E-state index contributed by atoms with van der Waals surface area (Å²) in [6.45, 7) is 4.45. The molecule has 26 heavy (non-hydrogen) atoms. The molecule has 0 bridgehead atoms. The van der Waals surface area contributed by atoms with Gasteiger partial charge in [-0.3, -0.25) is 0 Å². The van der Waals surface area contributed by atoms with E-state index in [4.69, 9.17) is 4.42 Å². The molecule has 0 aliphatic heterocycles. The van der Waals surface area contributed by atoms with Gasteiger partial charge in [0.1, 0.15) is 12.1 Å². The summed E-state index contributed by atoms with van der Waals surface area (Å²) in [5.41, 5.74) is 4.48. The summed E-state index contributed by atoms with van der Waals surface area (Å²) in [7, 11) is 0. The molecule has 0 radical (unpaired) electrons. The topological polar surface area (TPSA) is 67.2 Å². The average molecular weight is 353 g/mol. The Hall–Kier alpha value is -3.15. The highest BCUT2D eigenvalue weighted by atomic mass is 19.1. The van der Waals surface area contributed by atoms with Gasteiger partial charge < -0.3 is 15.1 Å². The van der Waals surface area contributed by atoms with Crippen LogP contribution in [0.2, 0.25) is 0 Å². The van der Waals surface area contributed by atoms with Crippen molar-refractivity contribution in [2.75, 3.05) is 11.9 Å². The van der Waals surface area contributed by atoms with Gasteiger partial charge in [0.2, 0.25) is 5.89 Å². The van der Waals surface area contributed by atoms with E-state index in [0.717, 1.165) is 16.9 Å². The molecule has 0 aliphatic carbocycles. The number of aryl methyl sites for hydroxylation is 2. The quantitative estimate of drug-likeness (QED) is 0.711. The fourth-order valence-electron chi connectivity index (χ4n) is 2.45. The van der Waals surface area contributed by atoms with Crippen molar-refractivity contribution in [2.24, 2.45) is 0 Å². The summed E-state index contributed by atoms with van der Waals surface area (Å²) in [4.78, 5) is 16.3. The third-order valence-electron chi connectivity index (χ3n) is 4.07. The molecule has 0 spiro atoms. The smallest absolute Gasteiger partial charge is 0.319 e. The van der Waals surface area contributed by atoms with Crippen LogP contribution >= 0.6 is 0 Å². The summed E-state index contributed by atoms with van der Waals surface area (Å²) in [6, 6.07) is 11.4. The lowest BCUT2D eigenvalue weighted by Crippen LogP contribution is -2.30. The molecule has 2 amide bonds. The number of hydrogen-bond acceptors (Lipinski definition) is 3. The van der Waals surface area contributed by atoms with Crippen molar-refractivity contribution in [3.8, 4) is 11.5 Å². The summed E-state index contributed by atoms with van der Waals surface area (Å²) in [6.07, 6.45) is 2.08.